The molecule has 0 radical (unpaired) electrons. The molecule has 0 atom stereocenters. The van der Waals surface area contributed by atoms with Crippen LogP contribution in [0.25, 0.3) is 26.6 Å². The maximum absolute atomic E-state index is 11.4. The number of fused-ring (bicyclic) bond motifs is 1. The van der Waals surface area contributed by atoms with Crippen LogP contribution in [0.3, 0.4) is 0 Å². The molecule has 0 aliphatic carbocycles. The number of methoxy groups -OCH3 is 1. The molecule has 0 saturated carbocycles. The van der Waals surface area contributed by atoms with E-state index < -0.39 is 0 Å². The number of aldehydes is 1. The summed E-state index contributed by atoms with van der Waals surface area (Å²) in [5.74, 6) is 0.789. The van der Waals surface area contributed by atoms with Crippen LogP contribution in [0.1, 0.15) is 10.4 Å². The van der Waals surface area contributed by atoms with Crippen LogP contribution >= 0.6 is 11.3 Å². The highest BCUT2D eigenvalue weighted by Crippen LogP contribution is 2.29. The van der Waals surface area contributed by atoms with E-state index in [9.17, 15) is 4.79 Å². The van der Waals surface area contributed by atoms with Gasteiger partial charge in [0.15, 0.2) is 6.29 Å². The summed E-state index contributed by atoms with van der Waals surface area (Å²) < 4.78 is 7.91. The van der Waals surface area contributed by atoms with E-state index in [-0.39, 0.29) is 0 Å². The third kappa shape index (κ3) is 2.47. The van der Waals surface area contributed by atoms with Crippen molar-refractivity contribution in [1.29, 1.82) is 0 Å². The molecule has 0 aliphatic rings. The summed E-state index contributed by atoms with van der Waals surface area (Å²) in [6.07, 6.45) is 2.53. The molecule has 6 heteroatoms. The number of rotatable bonds is 4. The Morgan fingerprint density at radius 3 is 2.75 bits per heavy atom. The van der Waals surface area contributed by atoms with Crippen molar-refractivity contribution in [1.82, 2.24) is 14.8 Å². The topological polar surface area (TPSA) is 57.0 Å². The minimum Gasteiger partial charge on any atom is -0.497 e. The van der Waals surface area contributed by atoms with Crippen LogP contribution in [0.4, 0.5) is 0 Å². The number of ether oxygens (including phenoxy) is 1. The van der Waals surface area contributed by atoms with Gasteiger partial charge in [-0.05, 0) is 18.2 Å². The van der Waals surface area contributed by atoms with Crippen LogP contribution in [0, 0.1) is 0 Å². The first-order chi connectivity index (χ1) is 11.8. The number of benzene rings is 2. The van der Waals surface area contributed by atoms with Crippen molar-refractivity contribution in [3.05, 3.63) is 60.3 Å². The Hall–Kier alpha value is -2.99. The van der Waals surface area contributed by atoms with Gasteiger partial charge in [-0.2, -0.15) is 5.10 Å². The first kappa shape index (κ1) is 14.6. The molecule has 2 aromatic heterocycles. The Labute approximate surface area is 142 Å². The fraction of sp³-hybridized carbons (Fsp3) is 0.0556. The second-order valence-corrected chi connectivity index (χ2v) is 6.20. The number of aromatic nitrogens is 3. The quantitative estimate of drug-likeness (QED) is 0.530. The average Bonchev–Trinajstić information content (AvgIpc) is 3.25. The van der Waals surface area contributed by atoms with Crippen LogP contribution in [0.5, 0.6) is 5.75 Å². The Morgan fingerprint density at radius 2 is 2.00 bits per heavy atom. The molecule has 118 valence electrons. The van der Waals surface area contributed by atoms with Gasteiger partial charge in [0.25, 0.3) is 0 Å². The molecular formula is C18H13N3O2S. The summed E-state index contributed by atoms with van der Waals surface area (Å²) in [6.45, 7) is 0. The molecule has 0 amide bonds. The molecule has 2 aromatic carbocycles. The summed E-state index contributed by atoms with van der Waals surface area (Å²) in [4.78, 5) is 16.0. The van der Waals surface area contributed by atoms with Gasteiger partial charge in [0.2, 0.25) is 5.13 Å². The van der Waals surface area contributed by atoms with E-state index in [2.05, 4.69) is 10.1 Å². The fourth-order valence-electron chi connectivity index (χ4n) is 2.51. The summed E-state index contributed by atoms with van der Waals surface area (Å²) >= 11 is 1.50. The molecule has 4 rings (SSSR count). The molecule has 5 nitrogen and oxygen atoms in total. The second kappa shape index (κ2) is 5.90. The van der Waals surface area contributed by atoms with Crippen molar-refractivity contribution in [2.24, 2.45) is 0 Å². The lowest BCUT2D eigenvalue weighted by molar-refractivity contribution is 0.112. The van der Waals surface area contributed by atoms with Crippen molar-refractivity contribution in [2.45, 2.75) is 0 Å². The minimum absolute atomic E-state index is 0.540. The Kier molecular flexibility index (Phi) is 3.59. The van der Waals surface area contributed by atoms with Crippen LogP contribution in [0.15, 0.2) is 54.7 Å². The number of nitrogens with zero attached hydrogens (tertiary/aromatic N) is 3. The van der Waals surface area contributed by atoms with Crippen molar-refractivity contribution >= 4 is 27.8 Å². The molecule has 0 aliphatic heterocycles. The molecule has 2 heterocycles. The van der Waals surface area contributed by atoms with E-state index in [0.29, 0.717) is 16.4 Å². The van der Waals surface area contributed by atoms with Gasteiger partial charge in [-0.3, -0.25) is 4.79 Å². The van der Waals surface area contributed by atoms with E-state index in [1.165, 1.54) is 11.3 Å². The fourth-order valence-corrected chi connectivity index (χ4v) is 3.43. The zero-order chi connectivity index (χ0) is 16.5. The Bertz CT molecular complexity index is 1020. The van der Waals surface area contributed by atoms with Crippen LogP contribution in [-0.4, -0.2) is 28.2 Å². The minimum atomic E-state index is 0.540. The lowest BCUT2D eigenvalue weighted by Crippen LogP contribution is -1.93. The molecule has 0 bridgehead atoms. The molecule has 0 N–H and O–H groups in total. The van der Waals surface area contributed by atoms with Crippen molar-refractivity contribution < 1.29 is 9.53 Å². The molecule has 4 aromatic rings. The van der Waals surface area contributed by atoms with Crippen molar-refractivity contribution in [3.8, 4) is 22.1 Å². The van der Waals surface area contributed by atoms with Gasteiger partial charge in [0.1, 0.15) is 11.4 Å². The Balaban J connectivity index is 1.82. The smallest absolute Gasteiger partial charge is 0.211 e. The maximum Gasteiger partial charge on any atom is 0.211 e. The van der Waals surface area contributed by atoms with Gasteiger partial charge in [-0.15, -0.1) is 0 Å². The highest BCUT2D eigenvalue weighted by molar-refractivity contribution is 7.20. The monoisotopic (exact) mass is 335 g/mol. The van der Waals surface area contributed by atoms with Crippen molar-refractivity contribution in [2.75, 3.05) is 7.11 Å². The van der Waals surface area contributed by atoms with Gasteiger partial charge in [0.05, 0.1) is 22.9 Å². The number of hydrogen-bond acceptors (Lipinski definition) is 5. The number of carbonyl (C=O) groups is 1. The van der Waals surface area contributed by atoms with Gasteiger partial charge in [-0.25, -0.2) is 9.67 Å². The van der Waals surface area contributed by atoms with Crippen LogP contribution < -0.4 is 4.74 Å². The molecular weight excluding hydrogens is 322 g/mol. The SMILES string of the molecule is COc1ccc2nc(-n3cc(C=O)c(-c4ccccc4)n3)sc2c1. The standard InChI is InChI=1S/C18H13N3O2S/c1-23-14-7-8-15-16(9-14)24-18(19-15)21-10-13(11-22)17(20-21)12-5-3-2-4-6-12/h2-11H,1H3. The van der Waals surface area contributed by atoms with E-state index in [1.807, 2.05) is 48.5 Å². The molecule has 24 heavy (non-hydrogen) atoms. The molecule has 0 spiro atoms. The van der Waals surface area contributed by atoms with E-state index in [1.54, 1.807) is 18.0 Å². The summed E-state index contributed by atoms with van der Waals surface area (Å²) in [5.41, 5.74) is 2.97. The maximum atomic E-state index is 11.4. The summed E-state index contributed by atoms with van der Waals surface area (Å²) in [6, 6.07) is 15.4. The highest BCUT2D eigenvalue weighted by atomic mass is 32.1. The van der Waals surface area contributed by atoms with Gasteiger partial charge in [0, 0.05) is 11.8 Å². The van der Waals surface area contributed by atoms with E-state index >= 15 is 0 Å². The zero-order valence-corrected chi connectivity index (χ0v) is 13.7. The van der Waals surface area contributed by atoms with E-state index in [4.69, 9.17) is 4.74 Å². The second-order valence-electron chi connectivity index (χ2n) is 5.19. The Morgan fingerprint density at radius 1 is 1.17 bits per heavy atom. The first-order valence-electron chi connectivity index (χ1n) is 7.34. The zero-order valence-electron chi connectivity index (χ0n) is 12.8. The van der Waals surface area contributed by atoms with Gasteiger partial charge >= 0.3 is 0 Å². The molecule has 0 unspecified atom stereocenters. The predicted octanol–water partition coefficient (Wildman–Crippen LogP) is 3.97. The van der Waals surface area contributed by atoms with Crippen molar-refractivity contribution in [3.63, 3.8) is 0 Å². The lowest BCUT2D eigenvalue weighted by atomic mass is 10.1. The van der Waals surface area contributed by atoms with Crippen LogP contribution in [-0.2, 0) is 0 Å². The third-order valence-electron chi connectivity index (χ3n) is 3.70. The molecule has 0 fully saturated rings. The summed E-state index contributed by atoms with van der Waals surface area (Å²) in [5, 5.41) is 5.27. The average molecular weight is 335 g/mol. The first-order valence-corrected chi connectivity index (χ1v) is 8.15. The van der Waals surface area contributed by atoms with Gasteiger partial charge in [-0.1, -0.05) is 41.7 Å². The lowest BCUT2D eigenvalue weighted by Gasteiger charge is -1.96. The molecule has 0 saturated heterocycles. The van der Waals surface area contributed by atoms with E-state index in [0.717, 1.165) is 27.8 Å². The normalized spacial score (nSPS) is 10.9. The number of carbonyl (C=O) groups excluding carboxylic acids is 1. The third-order valence-corrected chi connectivity index (χ3v) is 4.70. The number of hydrogen-bond donors (Lipinski definition) is 0. The predicted molar refractivity (Wildman–Crippen MR) is 94.1 cm³/mol. The highest BCUT2D eigenvalue weighted by Gasteiger charge is 2.14. The number of thiazole rings is 1. The van der Waals surface area contributed by atoms with Crippen LogP contribution in [0.2, 0.25) is 0 Å². The van der Waals surface area contributed by atoms with Gasteiger partial charge < -0.3 is 4.74 Å². The summed E-state index contributed by atoms with van der Waals surface area (Å²) in [7, 11) is 1.64. The largest absolute Gasteiger partial charge is 0.497 e.